The predicted molar refractivity (Wildman–Crippen MR) is 118 cm³/mol. The van der Waals surface area contributed by atoms with Crippen LogP contribution in [0.5, 0.6) is 0 Å². The molecule has 1 saturated heterocycles. The number of rotatable bonds is 8. The Hall–Kier alpha value is -3.45. The van der Waals surface area contributed by atoms with Crippen LogP contribution < -0.4 is 5.32 Å². The molecule has 1 N–H and O–H groups in total. The number of amides is 3. The van der Waals surface area contributed by atoms with E-state index in [1.807, 2.05) is 85.9 Å². The Balaban J connectivity index is 1.56. The molecule has 1 aromatic heterocycles. The van der Waals surface area contributed by atoms with Crippen molar-refractivity contribution in [2.24, 2.45) is 7.05 Å². The van der Waals surface area contributed by atoms with E-state index in [0.29, 0.717) is 19.4 Å². The van der Waals surface area contributed by atoms with Gasteiger partial charge < -0.3 is 5.32 Å². The highest BCUT2D eigenvalue weighted by Crippen LogP contribution is 2.27. The van der Waals surface area contributed by atoms with Gasteiger partial charge >= 0.3 is 6.03 Å². The van der Waals surface area contributed by atoms with Gasteiger partial charge in [-0.2, -0.15) is 5.10 Å². The first-order chi connectivity index (χ1) is 14.9. The van der Waals surface area contributed by atoms with Gasteiger partial charge in [0.1, 0.15) is 5.54 Å². The number of urea groups is 1. The third kappa shape index (κ3) is 4.67. The van der Waals surface area contributed by atoms with Gasteiger partial charge in [-0.1, -0.05) is 60.7 Å². The fourth-order valence-corrected chi connectivity index (χ4v) is 4.15. The molecule has 0 unspecified atom stereocenters. The highest BCUT2D eigenvalue weighted by molar-refractivity contribution is 6.07. The van der Waals surface area contributed by atoms with E-state index in [0.717, 1.165) is 16.7 Å². The van der Waals surface area contributed by atoms with E-state index in [4.69, 9.17) is 0 Å². The van der Waals surface area contributed by atoms with E-state index in [2.05, 4.69) is 10.4 Å². The molecule has 4 rings (SSSR count). The van der Waals surface area contributed by atoms with Gasteiger partial charge in [0.25, 0.3) is 5.91 Å². The van der Waals surface area contributed by atoms with Crippen molar-refractivity contribution in [2.75, 3.05) is 13.7 Å². The second-order valence-electron chi connectivity index (χ2n) is 8.25. The summed E-state index contributed by atoms with van der Waals surface area (Å²) >= 11 is 0. The van der Waals surface area contributed by atoms with E-state index >= 15 is 0 Å². The van der Waals surface area contributed by atoms with Crippen molar-refractivity contribution >= 4 is 11.9 Å². The summed E-state index contributed by atoms with van der Waals surface area (Å²) in [7, 11) is 3.75. The number of benzene rings is 2. The fourth-order valence-electron chi connectivity index (χ4n) is 4.15. The Labute approximate surface area is 182 Å². The summed E-state index contributed by atoms with van der Waals surface area (Å²) in [4.78, 5) is 29.8. The fraction of sp³-hybridized carbons (Fsp3) is 0.292. The molecule has 0 aliphatic carbocycles. The molecule has 160 valence electrons. The summed E-state index contributed by atoms with van der Waals surface area (Å²) < 4.78 is 1.74. The molecule has 0 bridgehead atoms. The topological polar surface area (TPSA) is 70.5 Å². The zero-order valence-corrected chi connectivity index (χ0v) is 17.9. The second kappa shape index (κ2) is 8.73. The van der Waals surface area contributed by atoms with Gasteiger partial charge in [-0.25, -0.2) is 9.69 Å². The maximum atomic E-state index is 13.6. The SMILES string of the molecule is CN(Cc1cnn(C)c1)CN1C(=O)NC(Cc2ccccc2)(Cc2ccccc2)C1=O. The van der Waals surface area contributed by atoms with E-state index in [9.17, 15) is 9.59 Å². The first kappa shape index (κ1) is 20.8. The molecule has 0 atom stereocenters. The van der Waals surface area contributed by atoms with Crippen LogP contribution >= 0.6 is 0 Å². The lowest BCUT2D eigenvalue weighted by Gasteiger charge is -2.28. The molecular weight excluding hydrogens is 390 g/mol. The zero-order valence-electron chi connectivity index (χ0n) is 17.9. The van der Waals surface area contributed by atoms with Crippen LogP contribution in [0, 0.1) is 0 Å². The molecule has 3 amide bonds. The lowest BCUT2D eigenvalue weighted by atomic mass is 9.84. The van der Waals surface area contributed by atoms with Gasteiger partial charge in [0.2, 0.25) is 0 Å². The van der Waals surface area contributed by atoms with Crippen LogP contribution in [0.2, 0.25) is 0 Å². The second-order valence-corrected chi connectivity index (χ2v) is 8.25. The number of aromatic nitrogens is 2. The van der Waals surface area contributed by atoms with Crippen LogP contribution in [0.4, 0.5) is 4.79 Å². The summed E-state index contributed by atoms with van der Waals surface area (Å²) in [6.07, 6.45) is 4.60. The number of hydrogen-bond donors (Lipinski definition) is 1. The molecule has 0 radical (unpaired) electrons. The Morgan fingerprint density at radius 2 is 1.52 bits per heavy atom. The standard InChI is InChI=1S/C24H27N5O2/c1-27(16-21-15-25-28(2)17-21)18-29-22(30)24(26-23(29)31,13-19-9-5-3-6-10-19)14-20-11-7-4-8-12-20/h3-12,15,17H,13-14,16,18H2,1-2H3,(H,26,31). The van der Waals surface area contributed by atoms with Crippen molar-refractivity contribution < 1.29 is 9.59 Å². The molecule has 31 heavy (non-hydrogen) atoms. The minimum absolute atomic E-state index is 0.191. The molecule has 2 aromatic carbocycles. The molecular formula is C24H27N5O2. The van der Waals surface area contributed by atoms with Crippen LogP contribution in [0.1, 0.15) is 16.7 Å². The maximum Gasteiger partial charge on any atom is 0.326 e. The number of nitrogens with zero attached hydrogens (tertiary/aromatic N) is 4. The molecule has 0 saturated carbocycles. The third-order valence-electron chi connectivity index (χ3n) is 5.54. The molecule has 1 aliphatic heterocycles. The van der Waals surface area contributed by atoms with Gasteiger partial charge in [0, 0.05) is 38.2 Å². The molecule has 7 nitrogen and oxygen atoms in total. The van der Waals surface area contributed by atoms with E-state index in [1.165, 1.54) is 4.90 Å². The highest BCUT2D eigenvalue weighted by Gasteiger charge is 2.51. The first-order valence-corrected chi connectivity index (χ1v) is 10.3. The van der Waals surface area contributed by atoms with Crippen molar-refractivity contribution in [3.8, 4) is 0 Å². The largest absolute Gasteiger partial charge is 0.326 e. The third-order valence-corrected chi connectivity index (χ3v) is 5.54. The van der Waals surface area contributed by atoms with Gasteiger partial charge in [0.15, 0.2) is 0 Å². The van der Waals surface area contributed by atoms with Gasteiger partial charge in [-0.05, 0) is 18.2 Å². The Bertz CT molecular complexity index is 1010. The van der Waals surface area contributed by atoms with Crippen LogP contribution in [0.15, 0.2) is 73.1 Å². The minimum atomic E-state index is -1.01. The summed E-state index contributed by atoms with van der Waals surface area (Å²) in [6, 6.07) is 19.3. The molecule has 7 heteroatoms. The normalized spacial score (nSPS) is 15.5. The zero-order chi connectivity index (χ0) is 21.8. The Morgan fingerprint density at radius 1 is 0.935 bits per heavy atom. The smallest absolute Gasteiger partial charge is 0.322 e. The number of nitrogens with one attached hydrogen (secondary N) is 1. The maximum absolute atomic E-state index is 13.6. The van der Waals surface area contributed by atoms with Gasteiger partial charge in [0.05, 0.1) is 12.9 Å². The lowest BCUT2D eigenvalue weighted by molar-refractivity contribution is -0.132. The summed E-state index contributed by atoms with van der Waals surface area (Å²) in [5.74, 6) is -0.191. The Morgan fingerprint density at radius 3 is 2.03 bits per heavy atom. The van der Waals surface area contributed by atoms with Crippen LogP contribution in [-0.4, -0.2) is 50.8 Å². The summed E-state index contributed by atoms with van der Waals surface area (Å²) in [5, 5.41) is 7.21. The van der Waals surface area contributed by atoms with E-state index in [-0.39, 0.29) is 18.6 Å². The number of carbonyl (C=O) groups excluding carboxylic acids is 2. The van der Waals surface area contributed by atoms with Crippen LogP contribution in [0.25, 0.3) is 0 Å². The van der Waals surface area contributed by atoms with E-state index in [1.54, 1.807) is 10.9 Å². The molecule has 2 heterocycles. The number of imide groups is 1. The predicted octanol–water partition coefficient (Wildman–Crippen LogP) is 2.59. The summed E-state index contributed by atoms with van der Waals surface area (Å²) in [6.45, 7) is 0.806. The van der Waals surface area contributed by atoms with Crippen LogP contribution in [0.3, 0.4) is 0 Å². The van der Waals surface area contributed by atoms with Crippen molar-refractivity contribution in [2.45, 2.75) is 24.9 Å². The molecule has 0 spiro atoms. The average molecular weight is 418 g/mol. The quantitative estimate of drug-likeness (QED) is 0.572. The minimum Gasteiger partial charge on any atom is -0.322 e. The van der Waals surface area contributed by atoms with E-state index < -0.39 is 5.54 Å². The van der Waals surface area contributed by atoms with Crippen LogP contribution in [-0.2, 0) is 31.2 Å². The van der Waals surface area contributed by atoms with Crippen molar-refractivity contribution in [3.05, 3.63) is 89.7 Å². The Kier molecular flexibility index (Phi) is 5.86. The highest BCUT2D eigenvalue weighted by atomic mass is 16.2. The molecule has 1 aliphatic rings. The molecule has 1 fully saturated rings. The number of carbonyl (C=O) groups is 2. The van der Waals surface area contributed by atoms with Gasteiger partial charge in [-0.3, -0.25) is 14.4 Å². The number of hydrogen-bond acceptors (Lipinski definition) is 4. The van der Waals surface area contributed by atoms with Crippen molar-refractivity contribution in [1.29, 1.82) is 0 Å². The molecule has 3 aromatic rings. The summed E-state index contributed by atoms with van der Waals surface area (Å²) in [5.41, 5.74) is 2.04. The lowest BCUT2D eigenvalue weighted by Crippen LogP contribution is -2.51. The van der Waals surface area contributed by atoms with Gasteiger partial charge in [-0.15, -0.1) is 0 Å². The monoisotopic (exact) mass is 417 g/mol. The number of aryl methyl sites for hydroxylation is 1. The average Bonchev–Trinajstić information content (AvgIpc) is 3.25. The van der Waals surface area contributed by atoms with Crippen molar-refractivity contribution in [3.63, 3.8) is 0 Å². The van der Waals surface area contributed by atoms with Crippen molar-refractivity contribution in [1.82, 2.24) is 24.9 Å². The first-order valence-electron chi connectivity index (χ1n) is 10.3.